The number of carbonyl (C=O) groups is 4. The molecule has 20 heteroatoms. The van der Waals surface area contributed by atoms with Gasteiger partial charge in [0.1, 0.15) is 23.0 Å². The van der Waals surface area contributed by atoms with Crippen molar-refractivity contribution in [1.29, 1.82) is 0 Å². The average Bonchev–Trinajstić information content (AvgIpc) is 0.780. The Labute approximate surface area is 569 Å². The van der Waals surface area contributed by atoms with E-state index in [0.717, 1.165) is 150 Å². The second kappa shape index (κ2) is 37.6. The molecule has 16 nitrogen and oxygen atoms in total. The molecule has 12 N–H and O–H groups in total. The minimum atomic E-state index is -0.447. The molecule has 0 atom stereocenters. The molecule has 8 rings (SSSR count). The molecule has 0 unspecified atom stereocenters. The molecule has 0 spiro atoms. The Bertz CT molecular complexity index is 3340. The van der Waals surface area contributed by atoms with Crippen LogP contribution in [0.3, 0.4) is 0 Å². The van der Waals surface area contributed by atoms with E-state index in [1.807, 2.05) is 95.6 Å². The Hall–Kier alpha value is -8.18. The molecule has 0 saturated heterocycles. The van der Waals surface area contributed by atoms with Crippen molar-refractivity contribution in [2.75, 3.05) is 72.5 Å². The first-order valence-electron chi connectivity index (χ1n) is 31.6. The largest absolute Gasteiger partial charge is 0.493 e. The Kier molecular flexibility index (Phi) is 28.7. The van der Waals surface area contributed by atoms with Gasteiger partial charge in [-0.05, 0) is 198 Å². The van der Waals surface area contributed by atoms with Crippen LogP contribution in [0.1, 0.15) is 117 Å². The van der Waals surface area contributed by atoms with Gasteiger partial charge in [0.15, 0.2) is 0 Å². The van der Waals surface area contributed by atoms with E-state index < -0.39 is 23.6 Å². The van der Waals surface area contributed by atoms with Gasteiger partial charge < -0.3 is 18.9 Å². The molecule has 4 amide bonds. The van der Waals surface area contributed by atoms with Crippen molar-refractivity contribution in [2.45, 2.75) is 53.4 Å². The number of nitrogens with one attached hydrogen (secondary N) is 4. The molecule has 0 saturated carbocycles. The number of benzene rings is 8. The highest BCUT2D eigenvalue weighted by atomic mass is 32.2. The molecular weight excluding hydrogens is 1260 g/mol. The summed E-state index contributed by atoms with van der Waals surface area (Å²) in [6.45, 7) is 10.2. The zero-order chi connectivity index (χ0) is 66.6. The van der Waals surface area contributed by atoms with Crippen LogP contribution in [-0.2, 0) is 0 Å². The Balaban J connectivity index is 1.30. The first-order valence-corrected chi connectivity index (χ1v) is 36.2. The van der Waals surface area contributed by atoms with E-state index in [-0.39, 0.29) is 0 Å². The number of hydrogen-bond donors (Lipinski definition) is 8. The fourth-order valence-corrected chi connectivity index (χ4v) is 13.0. The lowest BCUT2D eigenvalue weighted by Gasteiger charge is -2.20. The molecular formula is C74H84N8O8S4. The lowest BCUT2D eigenvalue weighted by atomic mass is 9.84. The predicted molar refractivity (Wildman–Crippen MR) is 392 cm³/mol. The highest BCUT2D eigenvalue weighted by Crippen LogP contribution is 2.41. The van der Waals surface area contributed by atoms with Crippen LogP contribution in [0.2, 0.25) is 0 Å². The summed E-state index contributed by atoms with van der Waals surface area (Å²) in [6, 6.07) is 55.5. The Morgan fingerprint density at radius 3 is 0.670 bits per heavy atom. The summed E-state index contributed by atoms with van der Waals surface area (Å²) in [5.41, 5.74) is 22.8. The predicted octanol–water partition coefficient (Wildman–Crippen LogP) is 13.9. The number of ether oxygens (including phenoxy) is 4. The summed E-state index contributed by atoms with van der Waals surface area (Å²) >= 11 is 7.34. The molecule has 492 valence electrons. The number of hydrogen-bond acceptors (Lipinski definition) is 16. The van der Waals surface area contributed by atoms with Crippen LogP contribution >= 0.6 is 47.0 Å². The van der Waals surface area contributed by atoms with Crippen molar-refractivity contribution in [3.05, 3.63) is 214 Å². The van der Waals surface area contributed by atoms with E-state index in [1.165, 1.54) is 0 Å². The molecule has 8 aromatic carbocycles. The van der Waals surface area contributed by atoms with Gasteiger partial charge in [-0.2, -0.15) is 47.0 Å². The molecule has 0 heterocycles. The van der Waals surface area contributed by atoms with Gasteiger partial charge in [-0.25, -0.2) is 23.4 Å². The van der Waals surface area contributed by atoms with Crippen LogP contribution in [0, 0.1) is 0 Å². The van der Waals surface area contributed by atoms with Crippen LogP contribution < -0.4 is 64.0 Å². The quantitative estimate of drug-likeness (QED) is 0.00597. The van der Waals surface area contributed by atoms with Gasteiger partial charge in [0.05, 0.1) is 48.7 Å². The SMILES string of the molecule is CCSCCCOc1cc(-c2ccc(C(=C(c3ccc(-c4ccc(C(=O)NN)c(OCCCSCC)c4)cc3)c3ccc(-c4ccc(C(=O)NN)c(OCCCSCC)c4)cc3)c3ccc(-c4ccc(C(=O)NN)c(OCCCSCC)c4)cc3)cc2)ccc1C(=O)NN. The average molecular weight is 1340 g/mol. The number of amides is 4. The van der Waals surface area contributed by atoms with E-state index in [1.54, 1.807) is 24.3 Å². The maximum absolute atomic E-state index is 13.0. The Morgan fingerprint density at radius 2 is 0.489 bits per heavy atom. The zero-order valence-corrected chi connectivity index (χ0v) is 57.0. The normalized spacial score (nSPS) is 10.9. The van der Waals surface area contributed by atoms with Gasteiger partial charge in [0.2, 0.25) is 0 Å². The summed E-state index contributed by atoms with van der Waals surface area (Å²) < 4.78 is 25.1. The van der Waals surface area contributed by atoms with Crippen molar-refractivity contribution in [2.24, 2.45) is 23.4 Å². The molecule has 0 aliphatic carbocycles. The number of rotatable bonds is 36. The van der Waals surface area contributed by atoms with Gasteiger partial charge in [0, 0.05) is 0 Å². The third kappa shape index (κ3) is 19.5. The van der Waals surface area contributed by atoms with E-state index in [0.29, 0.717) is 71.7 Å². The molecule has 0 aromatic heterocycles. The third-order valence-corrected chi connectivity index (χ3v) is 19.2. The molecule has 0 aliphatic heterocycles. The summed E-state index contributed by atoms with van der Waals surface area (Å²) in [5.74, 6) is 30.3. The van der Waals surface area contributed by atoms with E-state index in [4.69, 9.17) is 42.3 Å². The fourth-order valence-electron chi connectivity index (χ4n) is 10.5. The number of nitrogen functional groups attached to an aromatic ring is 4. The maximum atomic E-state index is 13.0. The van der Waals surface area contributed by atoms with Crippen LogP contribution in [-0.4, -0.2) is 96.1 Å². The van der Waals surface area contributed by atoms with Gasteiger partial charge in [-0.1, -0.05) is 149 Å². The highest BCUT2D eigenvalue weighted by molar-refractivity contribution is 7.99. The van der Waals surface area contributed by atoms with Crippen molar-refractivity contribution < 1.29 is 38.1 Å². The van der Waals surface area contributed by atoms with Gasteiger partial charge in [-0.3, -0.25) is 40.9 Å². The van der Waals surface area contributed by atoms with Gasteiger partial charge >= 0.3 is 0 Å². The number of nitrogens with two attached hydrogens (primary N) is 4. The summed E-state index contributed by atoms with van der Waals surface area (Å²) in [6.07, 6.45) is 3.25. The molecule has 94 heavy (non-hydrogen) atoms. The summed E-state index contributed by atoms with van der Waals surface area (Å²) in [5, 5.41) is 0. The molecule has 0 radical (unpaired) electrons. The van der Waals surface area contributed by atoms with Crippen molar-refractivity contribution in [3.63, 3.8) is 0 Å². The van der Waals surface area contributed by atoms with Gasteiger partial charge in [0.25, 0.3) is 23.6 Å². The molecule has 0 aliphatic rings. The highest BCUT2D eigenvalue weighted by Gasteiger charge is 2.22. The smallest absolute Gasteiger partial charge is 0.268 e. The van der Waals surface area contributed by atoms with Crippen molar-refractivity contribution in [1.82, 2.24) is 21.7 Å². The van der Waals surface area contributed by atoms with E-state index in [9.17, 15) is 19.2 Å². The first kappa shape index (κ1) is 71.7. The van der Waals surface area contributed by atoms with E-state index in [2.05, 4.69) is 146 Å². The minimum Gasteiger partial charge on any atom is -0.493 e. The third-order valence-electron chi connectivity index (χ3n) is 15.3. The van der Waals surface area contributed by atoms with Crippen molar-refractivity contribution >= 4 is 81.8 Å². The van der Waals surface area contributed by atoms with Crippen LogP contribution in [0.25, 0.3) is 55.7 Å². The second-order valence-corrected chi connectivity index (χ2v) is 27.0. The molecule has 8 aromatic rings. The van der Waals surface area contributed by atoms with Crippen molar-refractivity contribution in [3.8, 4) is 67.5 Å². The lowest BCUT2D eigenvalue weighted by molar-refractivity contribution is 0.0941. The first-order chi connectivity index (χ1) is 46.0. The topological polar surface area (TPSA) is 257 Å². The zero-order valence-electron chi connectivity index (χ0n) is 53.7. The van der Waals surface area contributed by atoms with E-state index >= 15 is 0 Å². The standard InChI is InChI=1S/C74H84N8O8S4/c1-5-91-41-9-37-87-65-45-57(29-33-61(65)71(83)79-75)49-13-21-53(22-14-49)69(54-23-15-50(16-24-54)58-30-34-62(72(84)80-76)66(46-58)88-38-10-42-92-6-2)70(55-25-17-51(18-26-55)59-31-35-63(73(85)81-77)67(47-59)89-39-11-43-93-7-3)56-27-19-52(20-28-56)60-32-36-64(74(86)82-78)68(48-60)90-40-12-44-94-8-4/h13-36,45-48H,5-12,37-44,75-78H2,1-4H3,(H,79,83)(H,80,84)(H,81,85)(H,82,86). The maximum Gasteiger partial charge on any atom is 0.268 e. The molecule has 0 bridgehead atoms. The summed E-state index contributed by atoms with van der Waals surface area (Å²) in [4.78, 5) is 52.1. The number of carbonyl (C=O) groups excluding carboxylic acids is 4. The fraction of sp³-hybridized carbons (Fsp3) is 0.270. The van der Waals surface area contributed by atoms with Crippen LogP contribution in [0.4, 0.5) is 0 Å². The van der Waals surface area contributed by atoms with Crippen LogP contribution in [0.5, 0.6) is 23.0 Å². The monoisotopic (exact) mass is 1340 g/mol. The Morgan fingerprint density at radius 1 is 0.298 bits per heavy atom. The number of hydrazine groups is 4. The number of thioether (sulfide) groups is 4. The second-order valence-electron chi connectivity index (χ2n) is 21.4. The lowest BCUT2D eigenvalue weighted by Crippen LogP contribution is -2.30. The summed E-state index contributed by atoms with van der Waals surface area (Å²) in [7, 11) is 0. The molecule has 0 fully saturated rings. The minimum absolute atomic E-state index is 0.340. The van der Waals surface area contributed by atoms with Crippen LogP contribution in [0.15, 0.2) is 170 Å². The van der Waals surface area contributed by atoms with Gasteiger partial charge in [-0.15, -0.1) is 0 Å².